The Labute approximate surface area is 145 Å². The molecule has 0 atom stereocenters. The van der Waals surface area contributed by atoms with E-state index in [1.54, 1.807) is 6.08 Å². The van der Waals surface area contributed by atoms with Gasteiger partial charge in [-0.25, -0.2) is 4.79 Å². The highest BCUT2D eigenvalue weighted by Gasteiger charge is 2.28. The van der Waals surface area contributed by atoms with E-state index in [1.165, 1.54) is 0 Å². The average molecular weight is 336 g/mol. The van der Waals surface area contributed by atoms with E-state index in [9.17, 15) is 14.7 Å². The summed E-state index contributed by atoms with van der Waals surface area (Å²) in [4.78, 5) is 27.5. The molecule has 1 amide bonds. The van der Waals surface area contributed by atoms with E-state index < -0.39 is 5.97 Å². The van der Waals surface area contributed by atoms with Gasteiger partial charge in [-0.15, -0.1) is 0 Å². The Bertz CT molecular complexity index is 921. The van der Waals surface area contributed by atoms with Crippen molar-refractivity contribution in [3.8, 4) is 0 Å². The van der Waals surface area contributed by atoms with Crippen LogP contribution in [0, 0.1) is 0 Å². The zero-order valence-electron chi connectivity index (χ0n) is 14.1. The summed E-state index contributed by atoms with van der Waals surface area (Å²) >= 11 is 0. The van der Waals surface area contributed by atoms with Crippen LogP contribution in [0.25, 0.3) is 11.6 Å². The predicted octanol–water partition coefficient (Wildman–Crippen LogP) is 3.65. The molecule has 1 aliphatic carbocycles. The Morgan fingerprint density at radius 3 is 2.84 bits per heavy atom. The van der Waals surface area contributed by atoms with Crippen LogP contribution in [0.15, 0.2) is 18.2 Å². The standard InChI is InChI=1S/C20H20N2O3/c1-2-11-7-8-16-13(9-11)14(19(23)22-16)10-17-18(20(24)25)12-5-3-4-6-15(12)21-17/h7-10,21H,2-6H2,1H3,(H,22,23)(H,24,25). The van der Waals surface area contributed by atoms with Crippen molar-refractivity contribution >= 4 is 29.2 Å². The number of rotatable bonds is 3. The average Bonchev–Trinajstić information content (AvgIpc) is 3.12. The van der Waals surface area contributed by atoms with Gasteiger partial charge in [-0.2, -0.15) is 0 Å². The number of hydrogen-bond acceptors (Lipinski definition) is 2. The Morgan fingerprint density at radius 1 is 1.28 bits per heavy atom. The van der Waals surface area contributed by atoms with E-state index in [0.29, 0.717) is 16.8 Å². The van der Waals surface area contributed by atoms with E-state index in [4.69, 9.17) is 0 Å². The summed E-state index contributed by atoms with van der Waals surface area (Å²) in [5, 5.41) is 12.5. The fourth-order valence-electron chi connectivity index (χ4n) is 3.80. The second-order valence-corrected chi connectivity index (χ2v) is 6.63. The molecule has 3 N–H and O–H groups in total. The van der Waals surface area contributed by atoms with Crippen LogP contribution in [0.1, 0.15) is 58.2 Å². The number of carbonyl (C=O) groups is 2. The Morgan fingerprint density at radius 2 is 2.08 bits per heavy atom. The molecule has 1 aliphatic heterocycles. The number of carboxylic acid groups (broad SMARTS) is 1. The van der Waals surface area contributed by atoms with Gasteiger partial charge >= 0.3 is 5.97 Å². The number of aromatic nitrogens is 1. The lowest BCUT2D eigenvalue weighted by Gasteiger charge is -2.10. The van der Waals surface area contributed by atoms with Crippen LogP contribution in [0.3, 0.4) is 0 Å². The third kappa shape index (κ3) is 2.56. The van der Waals surface area contributed by atoms with E-state index in [-0.39, 0.29) is 5.91 Å². The molecule has 0 saturated heterocycles. The number of fused-ring (bicyclic) bond motifs is 2. The summed E-state index contributed by atoms with van der Waals surface area (Å²) < 4.78 is 0. The van der Waals surface area contributed by atoms with E-state index >= 15 is 0 Å². The minimum Gasteiger partial charge on any atom is -0.478 e. The highest BCUT2D eigenvalue weighted by molar-refractivity contribution is 6.35. The zero-order valence-corrected chi connectivity index (χ0v) is 14.1. The van der Waals surface area contributed by atoms with Gasteiger partial charge in [0.05, 0.1) is 16.8 Å². The zero-order chi connectivity index (χ0) is 17.6. The third-order valence-electron chi connectivity index (χ3n) is 5.10. The molecule has 1 aromatic carbocycles. The first-order chi connectivity index (χ1) is 12.1. The molecule has 2 aliphatic rings. The van der Waals surface area contributed by atoms with Crippen LogP contribution >= 0.6 is 0 Å². The molecule has 0 spiro atoms. The molecule has 2 heterocycles. The number of nitrogens with one attached hydrogen (secondary N) is 2. The molecular weight excluding hydrogens is 316 g/mol. The van der Waals surface area contributed by atoms with Crippen molar-refractivity contribution in [3.05, 3.63) is 51.8 Å². The number of H-pyrrole nitrogens is 1. The Balaban J connectivity index is 1.86. The first kappa shape index (κ1) is 15.7. The maximum atomic E-state index is 12.4. The van der Waals surface area contributed by atoms with Crippen molar-refractivity contribution in [2.45, 2.75) is 39.0 Å². The molecule has 5 heteroatoms. The number of aromatic carboxylic acids is 1. The Hall–Kier alpha value is -2.82. The van der Waals surface area contributed by atoms with Crippen molar-refractivity contribution in [2.24, 2.45) is 0 Å². The first-order valence-electron chi connectivity index (χ1n) is 8.72. The molecule has 25 heavy (non-hydrogen) atoms. The Kier molecular flexibility index (Phi) is 3.71. The second-order valence-electron chi connectivity index (χ2n) is 6.63. The lowest BCUT2D eigenvalue weighted by atomic mass is 9.94. The van der Waals surface area contributed by atoms with Crippen LogP contribution in [-0.2, 0) is 24.1 Å². The first-order valence-corrected chi connectivity index (χ1v) is 8.72. The molecule has 0 saturated carbocycles. The molecule has 0 radical (unpaired) electrons. The molecule has 0 fully saturated rings. The monoisotopic (exact) mass is 336 g/mol. The maximum absolute atomic E-state index is 12.4. The summed E-state index contributed by atoms with van der Waals surface area (Å²) in [7, 11) is 0. The smallest absolute Gasteiger partial charge is 0.338 e. The van der Waals surface area contributed by atoms with Crippen LogP contribution in [0.4, 0.5) is 5.69 Å². The molecule has 0 bridgehead atoms. The van der Waals surface area contributed by atoms with Crippen LogP contribution in [0.2, 0.25) is 0 Å². The molecule has 4 rings (SSSR count). The SMILES string of the molecule is CCc1ccc2c(c1)C(=Cc1[nH]c3c(c1C(=O)O)CCCC3)C(=O)N2. The highest BCUT2D eigenvalue weighted by atomic mass is 16.4. The van der Waals surface area contributed by atoms with Gasteiger partial charge in [0.15, 0.2) is 0 Å². The lowest BCUT2D eigenvalue weighted by Crippen LogP contribution is -2.07. The van der Waals surface area contributed by atoms with Gasteiger partial charge in [0.1, 0.15) is 0 Å². The molecular formula is C20H20N2O3. The summed E-state index contributed by atoms with van der Waals surface area (Å²) in [6.07, 6.45) is 6.28. The van der Waals surface area contributed by atoms with Gasteiger partial charge in [-0.05, 0) is 61.4 Å². The maximum Gasteiger partial charge on any atom is 0.338 e. The van der Waals surface area contributed by atoms with Gasteiger partial charge in [0.2, 0.25) is 0 Å². The van der Waals surface area contributed by atoms with Gasteiger partial charge < -0.3 is 15.4 Å². The number of amides is 1. The quantitative estimate of drug-likeness (QED) is 0.748. The molecule has 0 unspecified atom stereocenters. The van der Waals surface area contributed by atoms with Gasteiger partial charge in [0, 0.05) is 16.9 Å². The van der Waals surface area contributed by atoms with Crippen molar-refractivity contribution in [3.63, 3.8) is 0 Å². The summed E-state index contributed by atoms with van der Waals surface area (Å²) in [6, 6.07) is 5.91. The number of aryl methyl sites for hydroxylation is 2. The van der Waals surface area contributed by atoms with E-state index in [1.807, 2.05) is 18.2 Å². The van der Waals surface area contributed by atoms with Crippen LogP contribution < -0.4 is 5.32 Å². The fourth-order valence-corrected chi connectivity index (χ4v) is 3.80. The largest absolute Gasteiger partial charge is 0.478 e. The normalized spacial score (nSPS) is 17.3. The molecule has 1 aromatic heterocycles. The summed E-state index contributed by atoms with van der Waals surface area (Å²) in [6.45, 7) is 2.07. The van der Waals surface area contributed by atoms with Gasteiger partial charge in [-0.1, -0.05) is 13.0 Å². The topological polar surface area (TPSA) is 82.2 Å². The lowest BCUT2D eigenvalue weighted by molar-refractivity contribution is -0.110. The number of anilines is 1. The number of hydrogen-bond donors (Lipinski definition) is 3. The summed E-state index contributed by atoms with van der Waals surface area (Å²) in [5.74, 6) is -1.13. The fraction of sp³-hybridized carbons (Fsp3) is 0.300. The molecule has 5 nitrogen and oxygen atoms in total. The van der Waals surface area contributed by atoms with Gasteiger partial charge in [-0.3, -0.25) is 4.79 Å². The number of carboxylic acids is 1. The van der Waals surface area contributed by atoms with Crippen molar-refractivity contribution in [2.75, 3.05) is 5.32 Å². The number of benzene rings is 1. The summed E-state index contributed by atoms with van der Waals surface area (Å²) in [5.41, 5.74) is 6.02. The number of carbonyl (C=O) groups excluding carboxylic acids is 1. The predicted molar refractivity (Wildman–Crippen MR) is 96.7 cm³/mol. The van der Waals surface area contributed by atoms with Gasteiger partial charge in [0.25, 0.3) is 5.91 Å². The third-order valence-corrected chi connectivity index (χ3v) is 5.10. The van der Waals surface area contributed by atoms with Crippen LogP contribution in [0.5, 0.6) is 0 Å². The van der Waals surface area contributed by atoms with Crippen LogP contribution in [-0.4, -0.2) is 22.0 Å². The highest BCUT2D eigenvalue weighted by Crippen LogP contribution is 2.35. The van der Waals surface area contributed by atoms with Crippen molar-refractivity contribution < 1.29 is 14.7 Å². The van der Waals surface area contributed by atoms with E-state index in [0.717, 1.165) is 60.2 Å². The minimum absolute atomic E-state index is 0.188. The number of aromatic amines is 1. The second kappa shape index (κ2) is 5.92. The molecule has 128 valence electrons. The van der Waals surface area contributed by atoms with Crippen molar-refractivity contribution in [1.82, 2.24) is 4.98 Å². The molecule has 2 aromatic rings. The minimum atomic E-state index is -0.938. The van der Waals surface area contributed by atoms with Crippen molar-refractivity contribution in [1.29, 1.82) is 0 Å². The van der Waals surface area contributed by atoms with E-state index in [2.05, 4.69) is 17.2 Å².